The lowest BCUT2D eigenvalue weighted by Gasteiger charge is -2.25. The summed E-state index contributed by atoms with van der Waals surface area (Å²) in [5.74, 6) is 0.980. The van der Waals surface area contributed by atoms with Gasteiger partial charge in [0.25, 0.3) is 5.91 Å². The van der Waals surface area contributed by atoms with E-state index in [2.05, 4.69) is 10.3 Å². The van der Waals surface area contributed by atoms with Crippen LogP contribution in [0.2, 0.25) is 0 Å². The highest BCUT2D eigenvalue weighted by atomic mass is 32.2. The summed E-state index contributed by atoms with van der Waals surface area (Å²) < 4.78 is 35.0. The average Bonchev–Trinajstić information content (AvgIpc) is 3.22. The molecule has 0 atom stereocenters. The number of amides is 1. The first-order valence-corrected chi connectivity index (χ1v) is 12.9. The molecule has 174 valence electrons. The molecule has 1 aliphatic heterocycles. The number of pyridine rings is 1. The third kappa shape index (κ3) is 5.15. The van der Waals surface area contributed by atoms with Crippen molar-refractivity contribution in [2.75, 3.05) is 25.0 Å². The van der Waals surface area contributed by atoms with Crippen LogP contribution in [0.25, 0.3) is 0 Å². The van der Waals surface area contributed by atoms with Crippen molar-refractivity contribution in [3.8, 4) is 5.75 Å². The molecule has 1 aliphatic carbocycles. The molecule has 2 aliphatic rings. The number of anilines is 1. The van der Waals surface area contributed by atoms with Crippen molar-refractivity contribution in [1.29, 1.82) is 0 Å². The molecule has 2 aromatic heterocycles. The van der Waals surface area contributed by atoms with Gasteiger partial charge in [-0.15, -0.1) is 0 Å². The Labute approximate surface area is 190 Å². The van der Waals surface area contributed by atoms with Crippen molar-refractivity contribution >= 4 is 21.7 Å². The first-order chi connectivity index (χ1) is 15.4. The van der Waals surface area contributed by atoms with Crippen LogP contribution >= 0.6 is 0 Å². The van der Waals surface area contributed by atoms with Crippen LogP contribution in [0.1, 0.15) is 61.9 Å². The number of carbonyl (C=O) groups excluding carboxylic acids is 1. The standard InChI is InChI=1S/C23H32N4O4S/c1-26-16-19(32(29,30)27-13-6-3-7-14-27)15-20(26)23(28)25-22-21(11-8-12-24-22)31-17-18-9-4-2-5-10-18/h8,11-12,15-16,18H,2-7,9-10,13-14,17H2,1H3,(H,24,25,28). The van der Waals surface area contributed by atoms with Crippen molar-refractivity contribution < 1.29 is 17.9 Å². The van der Waals surface area contributed by atoms with Crippen molar-refractivity contribution in [3.05, 3.63) is 36.3 Å². The zero-order chi connectivity index (χ0) is 22.6. The molecule has 1 amide bonds. The van der Waals surface area contributed by atoms with Gasteiger partial charge in [-0.05, 0) is 49.8 Å². The van der Waals surface area contributed by atoms with Crippen LogP contribution in [0, 0.1) is 5.92 Å². The van der Waals surface area contributed by atoms with Crippen LogP contribution in [0.15, 0.2) is 35.5 Å². The first kappa shape index (κ1) is 22.8. The highest BCUT2D eigenvalue weighted by Gasteiger charge is 2.28. The third-order valence-electron chi connectivity index (χ3n) is 6.37. The van der Waals surface area contributed by atoms with Gasteiger partial charge in [0.05, 0.1) is 6.61 Å². The van der Waals surface area contributed by atoms with Gasteiger partial charge < -0.3 is 14.6 Å². The van der Waals surface area contributed by atoms with E-state index in [1.807, 2.05) is 0 Å². The summed E-state index contributed by atoms with van der Waals surface area (Å²) in [5.41, 5.74) is 0.254. The normalized spacial score (nSPS) is 18.4. The second kappa shape index (κ2) is 10.0. The van der Waals surface area contributed by atoms with Crippen LogP contribution < -0.4 is 10.1 Å². The van der Waals surface area contributed by atoms with E-state index in [0.29, 0.717) is 37.2 Å². The minimum absolute atomic E-state index is 0.141. The number of nitrogens with zero attached hydrogens (tertiary/aromatic N) is 3. The predicted molar refractivity (Wildman–Crippen MR) is 122 cm³/mol. The minimum Gasteiger partial charge on any atom is -0.489 e. The van der Waals surface area contributed by atoms with Gasteiger partial charge in [0, 0.05) is 32.5 Å². The number of carbonyl (C=O) groups is 1. The Balaban J connectivity index is 1.46. The molecule has 32 heavy (non-hydrogen) atoms. The van der Waals surface area contributed by atoms with Crippen LogP contribution in [0.3, 0.4) is 0 Å². The molecule has 0 unspecified atom stereocenters. The van der Waals surface area contributed by atoms with E-state index in [4.69, 9.17) is 4.74 Å². The first-order valence-electron chi connectivity index (χ1n) is 11.5. The number of piperidine rings is 1. The summed E-state index contributed by atoms with van der Waals surface area (Å²) in [4.78, 5) is 17.4. The third-order valence-corrected chi connectivity index (χ3v) is 8.23. The summed E-state index contributed by atoms with van der Waals surface area (Å²) in [6.07, 6.45) is 12.0. The zero-order valence-corrected chi connectivity index (χ0v) is 19.4. The highest BCUT2D eigenvalue weighted by molar-refractivity contribution is 7.89. The molecule has 9 heteroatoms. The van der Waals surface area contributed by atoms with Gasteiger partial charge in [0.1, 0.15) is 10.6 Å². The number of hydrogen-bond donors (Lipinski definition) is 1. The van der Waals surface area contributed by atoms with Crippen LogP contribution in [0.5, 0.6) is 5.75 Å². The van der Waals surface area contributed by atoms with Gasteiger partial charge in [-0.1, -0.05) is 25.7 Å². The fourth-order valence-corrected chi connectivity index (χ4v) is 6.08. The van der Waals surface area contributed by atoms with Gasteiger partial charge in [0.15, 0.2) is 11.6 Å². The molecule has 4 rings (SSSR count). The fraction of sp³-hybridized carbons (Fsp3) is 0.565. The summed E-state index contributed by atoms with van der Waals surface area (Å²) >= 11 is 0. The molecule has 0 spiro atoms. The molecule has 3 heterocycles. The van der Waals surface area contributed by atoms with Crippen molar-refractivity contribution in [2.24, 2.45) is 13.0 Å². The molecule has 0 aromatic carbocycles. The summed E-state index contributed by atoms with van der Waals surface area (Å²) in [5, 5.41) is 2.80. The molecule has 0 bridgehead atoms. The van der Waals surface area contributed by atoms with Crippen molar-refractivity contribution in [2.45, 2.75) is 56.3 Å². The van der Waals surface area contributed by atoms with E-state index < -0.39 is 15.9 Å². The van der Waals surface area contributed by atoms with Crippen LogP contribution in [-0.4, -0.2) is 47.9 Å². The van der Waals surface area contributed by atoms with Crippen molar-refractivity contribution in [3.63, 3.8) is 0 Å². The van der Waals surface area contributed by atoms with E-state index in [-0.39, 0.29) is 10.6 Å². The van der Waals surface area contributed by atoms with E-state index in [1.165, 1.54) is 53.2 Å². The highest BCUT2D eigenvalue weighted by Crippen LogP contribution is 2.28. The van der Waals surface area contributed by atoms with E-state index >= 15 is 0 Å². The number of rotatable bonds is 7. The second-order valence-electron chi connectivity index (χ2n) is 8.76. The van der Waals surface area contributed by atoms with Crippen molar-refractivity contribution in [1.82, 2.24) is 13.9 Å². The smallest absolute Gasteiger partial charge is 0.273 e. The second-order valence-corrected chi connectivity index (χ2v) is 10.7. The molecule has 1 saturated heterocycles. The lowest BCUT2D eigenvalue weighted by atomic mass is 9.90. The summed E-state index contributed by atoms with van der Waals surface area (Å²) in [7, 11) is -1.94. The number of aromatic nitrogens is 2. The molecule has 1 N–H and O–H groups in total. The molecule has 2 fully saturated rings. The van der Waals surface area contributed by atoms with Gasteiger partial charge in [-0.2, -0.15) is 4.31 Å². The summed E-state index contributed by atoms with van der Waals surface area (Å²) in [6, 6.07) is 5.01. The largest absolute Gasteiger partial charge is 0.489 e. The Hall–Kier alpha value is -2.39. The number of sulfonamides is 1. The van der Waals surface area contributed by atoms with E-state index in [9.17, 15) is 13.2 Å². The average molecular weight is 461 g/mol. The topological polar surface area (TPSA) is 93.5 Å². The SMILES string of the molecule is Cn1cc(S(=O)(=O)N2CCCCC2)cc1C(=O)Nc1ncccc1OCC1CCCCC1. The number of hydrogen-bond acceptors (Lipinski definition) is 5. The molecule has 1 saturated carbocycles. The maximum Gasteiger partial charge on any atom is 0.273 e. The maximum absolute atomic E-state index is 13.0. The van der Waals surface area contributed by atoms with E-state index in [0.717, 1.165) is 19.3 Å². The van der Waals surface area contributed by atoms with E-state index in [1.54, 1.807) is 25.4 Å². The van der Waals surface area contributed by atoms with Gasteiger partial charge >= 0.3 is 0 Å². The zero-order valence-electron chi connectivity index (χ0n) is 18.6. The molecule has 2 aromatic rings. The Morgan fingerprint density at radius 2 is 1.88 bits per heavy atom. The number of ether oxygens (including phenoxy) is 1. The molecule has 0 radical (unpaired) electrons. The van der Waals surface area contributed by atoms with Gasteiger partial charge in [0.2, 0.25) is 10.0 Å². The van der Waals surface area contributed by atoms with Gasteiger partial charge in [-0.3, -0.25) is 4.79 Å². The fourth-order valence-electron chi connectivity index (χ4n) is 4.49. The Bertz CT molecular complexity index is 1040. The number of aryl methyl sites for hydroxylation is 1. The molecular weight excluding hydrogens is 428 g/mol. The summed E-state index contributed by atoms with van der Waals surface area (Å²) in [6.45, 7) is 1.65. The Kier molecular flexibility index (Phi) is 7.15. The van der Waals surface area contributed by atoms with Gasteiger partial charge in [-0.25, -0.2) is 13.4 Å². The number of nitrogens with one attached hydrogen (secondary N) is 1. The molecule has 8 nitrogen and oxygen atoms in total. The van der Waals surface area contributed by atoms with Crippen LogP contribution in [0.4, 0.5) is 5.82 Å². The Morgan fingerprint density at radius 3 is 2.62 bits per heavy atom. The lowest BCUT2D eigenvalue weighted by Crippen LogP contribution is -2.35. The lowest BCUT2D eigenvalue weighted by molar-refractivity contribution is 0.101. The monoisotopic (exact) mass is 460 g/mol. The van der Waals surface area contributed by atoms with Crippen LogP contribution in [-0.2, 0) is 17.1 Å². The predicted octanol–water partition coefficient (Wildman–Crippen LogP) is 3.81. The minimum atomic E-state index is -3.61. The quantitative estimate of drug-likeness (QED) is 0.678. The Morgan fingerprint density at radius 1 is 1.16 bits per heavy atom. The molecular formula is C23H32N4O4S. The maximum atomic E-state index is 13.0.